The van der Waals surface area contributed by atoms with Crippen molar-refractivity contribution in [3.8, 4) is 0 Å². The van der Waals surface area contributed by atoms with Crippen LogP contribution in [0.5, 0.6) is 0 Å². The van der Waals surface area contributed by atoms with Crippen molar-refractivity contribution in [1.82, 2.24) is 4.90 Å². The molecule has 1 aromatic rings. The van der Waals surface area contributed by atoms with Crippen molar-refractivity contribution in [3.63, 3.8) is 0 Å². The first-order valence-electron chi connectivity index (χ1n) is 7.56. The van der Waals surface area contributed by atoms with Gasteiger partial charge in [-0.25, -0.2) is 8.42 Å². The van der Waals surface area contributed by atoms with E-state index >= 15 is 0 Å². The van der Waals surface area contributed by atoms with E-state index in [4.69, 9.17) is 15.4 Å². The average Bonchev–Trinajstić information content (AvgIpc) is 2.91. The van der Waals surface area contributed by atoms with E-state index in [-0.39, 0.29) is 18.9 Å². The highest BCUT2D eigenvalue weighted by Gasteiger charge is 2.38. The van der Waals surface area contributed by atoms with Crippen LogP contribution in [0.3, 0.4) is 0 Å². The van der Waals surface area contributed by atoms with E-state index in [1.807, 2.05) is 24.3 Å². The fourth-order valence-electron chi connectivity index (χ4n) is 2.95. The Morgan fingerprint density at radius 1 is 1.26 bits per heavy atom. The molecule has 126 valence electrons. The minimum atomic E-state index is -3.72. The van der Waals surface area contributed by atoms with E-state index in [1.165, 1.54) is 4.90 Å². The maximum Gasteiger partial charge on any atom is 0.237 e. The molecule has 23 heavy (non-hydrogen) atoms. The molecule has 2 aliphatic rings. The van der Waals surface area contributed by atoms with Crippen LogP contribution in [0.4, 0.5) is 5.69 Å². The van der Waals surface area contributed by atoms with E-state index in [2.05, 4.69) is 4.90 Å². The third kappa shape index (κ3) is 4.03. The Kier molecular flexibility index (Phi) is 4.91. The van der Waals surface area contributed by atoms with Crippen LogP contribution >= 0.6 is 10.7 Å². The van der Waals surface area contributed by atoms with Crippen LogP contribution in [0.25, 0.3) is 0 Å². The number of rotatable bonds is 4. The largest absolute Gasteiger partial charge is 0.379 e. The summed E-state index contributed by atoms with van der Waals surface area (Å²) in [5.41, 5.74) is 1.82. The number of amides is 1. The number of hydrogen-bond donors (Lipinski definition) is 0. The van der Waals surface area contributed by atoms with Crippen LogP contribution in [-0.2, 0) is 25.1 Å². The van der Waals surface area contributed by atoms with Gasteiger partial charge in [-0.05, 0) is 17.7 Å². The topological polar surface area (TPSA) is 66.9 Å². The third-order valence-corrected chi connectivity index (χ3v) is 6.09. The average molecular weight is 359 g/mol. The smallest absolute Gasteiger partial charge is 0.237 e. The van der Waals surface area contributed by atoms with Crippen molar-refractivity contribution < 1.29 is 17.9 Å². The molecule has 1 amide bonds. The van der Waals surface area contributed by atoms with Gasteiger partial charge >= 0.3 is 0 Å². The first kappa shape index (κ1) is 16.7. The van der Waals surface area contributed by atoms with Gasteiger partial charge < -0.3 is 9.64 Å². The summed E-state index contributed by atoms with van der Waals surface area (Å²) in [4.78, 5) is 15.9. The first-order valence-corrected chi connectivity index (χ1v) is 9.93. The third-order valence-electron chi connectivity index (χ3n) is 4.22. The summed E-state index contributed by atoms with van der Waals surface area (Å²) < 4.78 is 28.2. The van der Waals surface area contributed by atoms with Gasteiger partial charge in [-0.2, -0.15) is 0 Å². The summed E-state index contributed by atoms with van der Waals surface area (Å²) in [7, 11) is 1.67. The standard InChI is InChI=1S/C15H19ClN2O4S/c16-23(20,21)14-9-15(19)18(11-14)13-3-1-2-12(8-13)10-17-4-6-22-7-5-17/h1-3,8,14H,4-7,9-11H2. The molecule has 6 nitrogen and oxygen atoms in total. The second kappa shape index (κ2) is 6.76. The van der Waals surface area contributed by atoms with Crippen molar-refractivity contribution in [1.29, 1.82) is 0 Å². The lowest BCUT2D eigenvalue weighted by atomic mass is 10.1. The van der Waals surface area contributed by atoms with Gasteiger partial charge in [0, 0.05) is 49.0 Å². The number of morpholine rings is 1. The van der Waals surface area contributed by atoms with E-state index in [9.17, 15) is 13.2 Å². The van der Waals surface area contributed by atoms with Crippen molar-refractivity contribution in [2.45, 2.75) is 18.2 Å². The molecule has 1 aromatic carbocycles. The number of benzene rings is 1. The lowest BCUT2D eigenvalue weighted by molar-refractivity contribution is -0.117. The first-order chi connectivity index (χ1) is 10.9. The van der Waals surface area contributed by atoms with Crippen molar-refractivity contribution in [3.05, 3.63) is 29.8 Å². The molecular formula is C15H19ClN2O4S. The Labute approximate surface area is 140 Å². The van der Waals surface area contributed by atoms with Crippen molar-refractivity contribution in [2.24, 2.45) is 0 Å². The zero-order valence-corrected chi connectivity index (χ0v) is 14.2. The molecule has 0 aliphatic carbocycles. The Morgan fingerprint density at radius 2 is 2.00 bits per heavy atom. The zero-order chi connectivity index (χ0) is 16.4. The van der Waals surface area contributed by atoms with E-state index in [0.29, 0.717) is 0 Å². The number of ether oxygens (including phenoxy) is 1. The highest BCUT2D eigenvalue weighted by atomic mass is 35.7. The molecular weight excluding hydrogens is 340 g/mol. The molecule has 2 heterocycles. The summed E-state index contributed by atoms with van der Waals surface area (Å²) in [5, 5.41) is -0.834. The molecule has 2 saturated heterocycles. The molecule has 1 atom stereocenters. The quantitative estimate of drug-likeness (QED) is 0.756. The zero-order valence-electron chi connectivity index (χ0n) is 12.7. The maximum absolute atomic E-state index is 12.1. The molecule has 2 fully saturated rings. The second-order valence-corrected chi connectivity index (χ2v) is 8.77. The van der Waals surface area contributed by atoms with Crippen LogP contribution in [0.1, 0.15) is 12.0 Å². The van der Waals surface area contributed by atoms with Gasteiger partial charge in [0.15, 0.2) is 0 Å². The maximum atomic E-state index is 12.1. The number of nitrogens with zero attached hydrogens (tertiary/aromatic N) is 2. The molecule has 1 unspecified atom stereocenters. The molecule has 0 spiro atoms. The van der Waals surface area contributed by atoms with Gasteiger partial charge in [0.05, 0.1) is 13.2 Å². The highest BCUT2D eigenvalue weighted by molar-refractivity contribution is 8.14. The van der Waals surface area contributed by atoms with Crippen LogP contribution in [0, 0.1) is 0 Å². The van der Waals surface area contributed by atoms with Gasteiger partial charge in [-0.3, -0.25) is 9.69 Å². The number of carbonyl (C=O) groups excluding carboxylic acids is 1. The molecule has 0 radical (unpaired) electrons. The number of carbonyl (C=O) groups is 1. The van der Waals surface area contributed by atoms with Gasteiger partial charge in [0.2, 0.25) is 15.0 Å². The number of hydrogen-bond acceptors (Lipinski definition) is 5. The lowest BCUT2D eigenvalue weighted by Gasteiger charge is -2.27. The normalized spacial score (nSPS) is 23.4. The number of anilines is 1. The van der Waals surface area contributed by atoms with Crippen molar-refractivity contribution >= 4 is 31.3 Å². The predicted octanol–water partition coefficient (Wildman–Crippen LogP) is 1.19. The number of halogens is 1. The minimum absolute atomic E-state index is 0.0560. The van der Waals surface area contributed by atoms with Gasteiger partial charge in [-0.1, -0.05) is 12.1 Å². The Morgan fingerprint density at radius 3 is 2.65 bits per heavy atom. The Balaban J connectivity index is 1.73. The molecule has 0 bridgehead atoms. The van der Waals surface area contributed by atoms with E-state index < -0.39 is 14.3 Å². The van der Waals surface area contributed by atoms with E-state index in [1.54, 1.807) is 0 Å². The summed E-state index contributed by atoms with van der Waals surface area (Å²) in [5.74, 6) is -0.206. The summed E-state index contributed by atoms with van der Waals surface area (Å²) in [6.07, 6.45) is -0.0560. The van der Waals surface area contributed by atoms with Crippen LogP contribution in [0.15, 0.2) is 24.3 Å². The summed E-state index contributed by atoms with van der Waals surface area (Å²) in [6, 6.07) is 7.66. The Bertz CT molecular complexity index is 688. The van der Waals surface area contributed by atoms with E-state index in [0.717, 1.165) is 44.1 Å². The summed E-state index contributed by atoms with van der Waals surface area (Å²) in [6.45, 7) is 4.15. The van der Waals surface area contributed by atoms with Crippen LogP contribution < -0.4 is 4.90 Å². The fraction of sp³-hybridized carbons (Fsp3) is 0.533. The van der Waals surface area contributed by atoms with Crippen LogP contribution in [-0.4, -0.2) is 57.3 Å². The SMILES string of the molecule is O=C1CC(S(=O)(=O)Cl)CN1c1cccc(CN2CCOCC2)c1. The van der Waals surface area contributed by atoms with Gasteiger partial charge in [0.25, 0.3) is 0 Å². The molecule has 0 N–H and O–H groups in total. The van der Waals surface area contributed by atoms with Gasteiger partial charge in [-0.15, -0.1) is 0 Å². The van der Waals surface area contributed by atoms with Crippen molar-refractivity contribution in [2.75, 3.05) is 37.7 Å². The Hall–Kier alpha value is -1.15. The second-order valence-electron chi connectivity index (χ2n) is 5.86. The predicted molar refractivity (Wildman–Crippen MR) is 88.1 cm³/mol. The van der Waals surface area contributed by atoms with Gasteiger partial charge in [0.1, 0.15) is 5.25 Å². The molecule has 2 aliphatic heterocycles. The van der Waals surface area contributed by atoms with Crippen LogP contribution in [0.2, 0.25) is 0 Å². The summed E-state index contributed by atoms with van der Waals surface area (Å²) >= 11 is 0. The molecule has 8 heteroatoms. The molecule has 0 aromatic heterocycles. The highest BCUT2D eigenvalue weighted by Crippen LogP contribution is 2.27. The minimum Gasteiger partial charge on any atom is -0.379 e. The molecule has 0 saturated carbocycles. The molecule has 3 rings (SSSR count). The fourth-order valence-corrected chi connectivity index (χ4v) is 3.98. The lowest BCUT2D eigenvalue weighted by Crippen LogP contribution is -2.35. The monoisotopic (exact) mass is 358 g/mol.